The van der Waals surface area contributed by atoms with Gasteiger partial charge in [-0.2, -0.15) is 13.2 Å². The second-order valence-electron chi connectivity index (χ2n) is 8.08. The number of amides is 1. The maximum atomic E-state index is 13.4. The van der Waals surface area contributed by atoms with Crippen LogP contribution in [0, 0.1) is 11.2 Å². The van der Waals surface area contributed by atoms with E-state index >= 15 is 0 Å². The zero-order valence-electron chi connectivity index (χ0n) is 15.5. The highest BCUT2D eigenvalue weighted by molar-refractivity contribution is 7.92. The number of piperidine rings is 1. The van der Waals surface area contributed by atoms with Crippen molar-refractivity contribution in [1.29, 1.82) is 0 Å². The van der Waals surface area contributed by atoms with Crippen molar-refractivity contribution >= 4 is 15.7 Å². The highest BCUT2D eigenvalue weighted by Crippen LogP contribution is 2.42. The van der Waals surface area contributed by atoms with Crippen LogP contribution < -0.4 is 4.74 Å². The third-order valence-electron chi connectivity index (χ3n) is 5.29. The lowest BCUT2D eigenvalue weighted by molar-refractivity contribution is -0.147. The van der Waals surface area contributed by atoms with E-state index in [1.54, 1.807) is 0 Å². The first-order valence-corrected chi connectivity index (χ1v) is 10.6. The summed E-state index contributed by atoms with van der Waals surface area (Å²) in [6.45, 7) is 3.59. The van der Waals surface area contributed by atoms with Gasteiger partial charge in [-0.3, -0.25) is 4.79 Å². The van der Waals surface area contributed by atoms with Crippen molar-refractivity contribution in [1.82, 2.24) is 4.90 Å². The lowest BCUT2D eigenvalue weighted by Gasteiger charge is -2.47. The normalized spacial score (nSPS) is 21.3. The number of hydrogen-bond acceptors (Lipinski definition) is 4. The van der Waals surface area contributed by atoms with Gasteiger partial charge < -0.3 is 9.64 Å². The largest absolute Gasteiger partial charge is 0.478 e. The van der Waals surface area contributed by atoms with Crippen molar-refractivity contribution in [3.8, 4) is 5.75 Å². The van der Waals surface area contributed by atoms with E-state index in [-0.39, 0.29) is 22.7 Å². The quantitative estimate of drug-likeness (QED) is 0.702. The van der Waals surface area contributed by atoms with Gasteiger partial charge in [0.15, 0.2) is 15.4 Å². The molecule has 1 amide bonds. The van der Waals surface area contributed by atoms with Crippen LogP contribution in [0.4, 0.5) is 17.6 Å². The molecule has 2 fully saturated rings. The number of halogens is 4. The van der Waals surface area contributed by atoms with Gasteiger partial charge in [-0.05, 0) is 44.9 Å². The fourth-order valence-corrected chi connectivity index (χ4v) is 6.23. The van der Waals surface area contributed by atoms with Crippen LogP contribution in [0.15, 0.2) is 18.2 Å². The Morgan fingerprint density at radius 3 is 2.21 bits per heavy atom. The number of alkyl halides is 3. The van der Waals surface area contributed by atoms with Gasteiger partial charge in [0.05, 0.1) is 17.1 Å². The minimum absolute atomic E-state index is 0.137. The number of benzene rings is 1. The summed E-state index contributed by atoms with van der Waals surface area (Å²) in [5.74, 6) is -1.82. The summed E-state index contributed by atoms with van der Waals surface area (Å²) in [6.07, 6.45) is -3.76. The maximum absolute atomic E-state index is 13.4. The summed E-state index contributed by atoms with van der Waals surface area (Å²) in [5.41, 5.74) is -3.19. The summed E-state index contributed by atoms with van der Waals surface area (Å²) >= 11 is 0. The number of likely N-dealkylation sites (tertiary alicyclic amines) is 1. The van der Waals surface area contributed by atoms with Crippen LogP contribution in [0.3, 0.4) is 0 Å². The number of rotatable bonds is 3. The molecule has 0 atom stereocenters. The smallest absolute Gasteiger partial charge is 0.419 e. The SMILES string of the molecule is CC(C)(Oc1ccc(F)c(C(F)(F)F)c1)C(=O)N1CCC2(CC1)CS(=O)(=O)C2. The maximum Gasteiger partial charge on any atom is 0.419 e. The molecular formula is C18H21F4NO4S. The molecule has 28 heavy (non-hydrogen) atoms. The third-order valence-corrected chi connectivity index (χ3v) is 7.40. The number of carbonyl (C=O) groups is 1. The number of hydrogen-bond donors (Lipinski definition) is 0. The molecule has 2 saturated heterocycles. The molecule has 2 heterocycles. The van der Waals surface area contributed by atoms with E-state index < -0.39 is 38.9 Å². The fourth-order valence-electron chi connectivity index (χ4n) is 3.87. The fraction of sp³-hybridized carbons (Fsp3) is 0.611. The lowest BCUT2D eigenvalue weighted by atomic mass is 9.81. The minimum atomic E-state index is -4.87. The minimum Gasteiger partial charge on any atom is -0.478 e. The first-order valence-electron chi connectivity index (χ1n) is 8.79. The van der Waals surface area contributed by atoms with Gasteiger partial charge in [-0.1, -0.05) is 0 Å². The lowest BCUT2D eigenvalue weighted by Crippen LogP contribution is -2.58. The number of ether oxygens (including phenoxy) is 1. The molecule has 0 bridgehead atoms. The molecule has 1 spiro atoms. The molecule has 0 N–H and O–H groups in total. The van der Waals surface area contributed by atoms with E-state index in [1.807, 2.05) is 0 Å². The molecule has 0 aromatic heterocycles. The second-order valence-corrected chi connectivity index (χ2v) is 10.1. The van der Waals surface area contributed by atoms with Gasteiger partial charge >= 0.3 is 6.18 Å². The van der Waals surface area contributed by atoms with Crippen molar-refractivity contribution in [2.75, 3.05) is 24.6 Å². The molecule has 0 unspecified atom stereocenters. The summed E-state index contributed by atoms with van der Waals surface area (Å²) in [5, 5.41) is 0. The van der Waals surface area contributed by atoms with Gasteiger partial charge in [0, 0.05) is 18.5 Å². The average Bonchev–Trinajstić information content (AvgIpc) is 2.53. The highest BCUT2D eigenvalue weighted by Gasteiger charge is 2.51. The average molecular weight is 423 g/mol. The summed E-state index contributed by atoms with van der Waals surface area (Å²) in [7, 11) is -2.97. The number of sulfone groups is 1. The molecule has 0 radical (unpaired) electrons. The van der Waals surface area contributed by atoms with E-state index in [0.717, 1.165) is 6.07 Å². The second kappa shape index (κ2) is 6.60. The first-order chi connectivity index (χ1) is 12.7. The van der Waals surface area contributed by atoms with Crippen molar-refractivity contribution in [3.05, 3.63) is 29.6 Å². The van der Waals surface area contributed by atoms with Crippen LogP contribution in [0.1, 0.15) is 32.3 Å². The summed E-state index contributed by atoms with van der Waals surface area (Å²) in [4.78, 5) is 14.3. The van der Waals surface area contributed by atoms with E-state index in [1.165, 1.54) is 18.7 Å². The number of nitrogens with zero attached hydrogens (tertiary/aromatic N) is 1. The Kier molecular flexibility index (Phi) is 4.92. The Hall–Kier alpha value is -1.84. The van der Waals surface area contributed by atoms with Crippen LogP contribution in [-0.2, 0) is 20.8 Å². The van der Waals surface area contributed by atoms with E-state index in [2.05, 4.69) is 0 Å². The van der Waals surface area contributed by atoms with Crippen molar-refractivity contribution in [2.24, 2.45) is 5.41 Å². The van der Waals surface area contributed by atoms with Gasteiger partial charge in [0.2, 0.25) is 0 Å². The van der Waals surface area contributed by atoms with Crippen LogP contribution in [0.25, 0.3) is 0 Å². The molecule has 1 aromatic carbocycles. The molecule has 2 aliphatic rings. The summed E-state index contributed by atoms with van der Waals surface area (Å²) in [6, 6.07) is 2.24. The van der Waals surface area contributed by atoms with Crippen molar-refractivity contribution < 1.29 is 35.5 Å². The molecule has 10 heteroatoms. The standard InChI is InChI=1S/C18H21F4NO4S/c1-16(2,27-12-3-4-14(19)13(9-12)18(20,21)22)15(24)23-7-5-17(6-8-23)10-28(25,26)11-17/h3-4,9H,5-8,10-11H2,1-2H3. The topological polar surface area (TPSA) is 63.7 Å². The molecule has 1 aromatic rings. The van der Waals surface area contributed by atoms with Gasteiger partial charge in [0.1, 0.15) is 11.6 Å². The Bertz CT molecular complexity index is 873. The molecular weight excluding hydrogens is 402 g/mol. The van der Waals surface area contributed by atoms with E-state index in [4.69, 9.17) is 4.74 Å². The van der Waals surface area contributed by atoms with Crippen molar-refractivity contribution in [2.45, 2.75) is 38.5 Å². The molecule has 3 rings (SSSR count). The van der Waals surface area contributed by atoms with Gasteiger partial charge in [-0.15, -0.1) is 0 Å². The Morgan fingerprint density at radius 2 is 1.71 bits per heavy atom. The van der Waals surface area contributed by atoms with Crippen LogP contribution in [0.2, 0.25) is 0 Å². The van der Waals surface area contributed by atoms with Crippen LogP contribution in [-0.4, -0.2) is 49.4 Å². The molecule has 156 valence electrons. The zero-order chi connectivity index (χ0) is 21.0. The number of carbonyl (C=O) groups excluding carboxylic acids is 1. The molecule has 0 saturated carbocycles. The Morgan fingerprint density at radius 1 is 1.14 bits per heavy atom. The molecule has 0 aliphatic carbocycles. The zero-order valence-corrected chi connectivity index (χ0v) is 16.3. The van der Waals surface area contributed by atoms with Crippen LogP contribution in [0.5, 0.6) is 5.75 Å². The molecule has 2 aliphatic heterocycles. The van der Waals surface area contributed by atoms with Crippen LogP contribution >= 0.6 is 0 Å². The van der Waals surface area contributed by atoms with E-state index in [0.29, 0.717) is 38.1 Å². The van der Waals surface area contributed by atoms with Gasteiger partial charge in [0.25, 0.3) is 5.91 Å². The summed E-state index contributed by atoms with van der Waals surface area (Å²) < 4.78 is 80.4. The van der Waals surface area contributed by atoms with Crippen molar-refractivity contribution in [3.63, 3.8) is 0 Å². The van der Waals surface area contributed by atoms with Gasteiger partial charge in [-0.25, -0.2) is 12.8 Å². The Labute approximate surface area is 160 Å². The molecule has 5 nitrogen and oxygen atoms in total. The predicted molar refractivity (Wildman–Crippen MR) is 93.0 cm³/mol. The van der Waals surface area contributed by atoms with E-state index in [9.17, 15) is 30.8 Å². The first kappa shape index (κ1) is 20.9. The monoisotopic (exact) mass is 423 g/mol. The highest BCUT2D eigenvalue weighted by atomic mass is 32.2. The predicted octanol–water partition coefficient (Wildman–Crippen LogP) is 3.04. The Balaban J connectivity index is 1.67. The third kappa shape index (κ3) is 4.11.